The number of hydrogen-bond acceptors (Lipinski definition) is 4. The van der Waals surface area contributed by atoms with E-state index >= 15 is 0 Å². The van der Waals surface area contributed by atoms with E-state index in [1.807, 2.05) is 0 Å². The van der Waals surface area contributed by atoms with E-state index in [0.717, 1.165) is 114 Å². The molecule has 0 radical (unpaired) electrons. The fourth-order valence-electron chi connectivity index (χ4n) is 11.3. The summed E-state index contributed by atoms with van der Waals surface area (Å²) in [5, 5.41) is 9.44. The van der Waals surface area contributed by atoms with Gasteiger partial charge in [-0.3, -0.25) is 18.3 Å². The van der Waals surface area contributed by atoms with E-state index in [0.29, 0.717) is 0 Å². The monoisotopic (exact) mass is 896 g/mol. The van der Waals surface area contributed by atoms with E-state index in [9.17, 15) is 0 Å². The van der Waals surface area contributed by atoms with Crippen molar-refractivity contribution in [1.29, 1.82) is 0 Å². The Morgan fingerprint density at radius 2 is 0.629 bits per heavy atom. The first-order valence-electron chi connectivity index (χ1n) is 23.9. The van der Waals surface area contributed by atoms with Crippen molar-refractivity contribution in [3.63, 3.8) is 0 Å². The lowest BCUT2D eigenvalue weighted by atomic mass is 10.1. The highest BCUT2D eigenvalue weighted by Gasteiger charge is 2.24. The lowest BCUT2D eigenvalue weighted by molar-refractivity contribution is 0.998. The van der Waals surface area contributed by atoms with E-state index < -0.39 is 0 Å². The number of fused-ring (bicyclic) bond motifs is 13. The van der Waals surface area contributed by atoms with Crippen LogP contribution in [0.2, 0.25) is 0 Å². The maximum atomic E-state index is 5.51. The van der Waals surface area contributed by atoms with Gasteiger partial charge in [0.15, 0.2) is 0 Å². The lowest BCUT2D eigenvalue weighted by Crippen LogP contribution is -2.14. The fraction of sp³-hybridized carbons (Fsp3) is 0.0323. The van der Waals surface area contributed by atoms with Gasteiger partial charge in [-0.2, -0.15) is 0 Å². The predicted octanol–water partition coefficient (Wildman–Crippen LogP) is 15.0. The lowest BCUT2D eigenvalue weighted by Gasteiger charge is -2.17. The highest BCUT2D eigenvalue weighted by atomic mass is 15.1. The highest BCUT2D eigenvalue weighted by molar-refractivity contribution is 6.24. The molecule has 1 aliphatic rings. The molecule has 15 rings (SSSR count). The van der Waals surface area contributed by atoms with Crippen molar-refractivity contribution in [1.82, 2.24) is 33.2 Å². The summed E-state index contributed by atoms with van der Waals surface area (Å²) in [4.78, 5) is 21.7. The molecule has 14 aromatic rings. The molecule has 1 aliphatic heterocycles. The minimum Gasteiger partial charge on any atom is -0.297 e. The van der Waals surface area contributed by atoms with Crippen LogP contribution in [0, 0.1) is 0 Å². The van der Waals surface area contributed by atoms with E-state index in [1.54, 1.807) is 0 Å². The molecule has 0 amide bonds. The summed E-state index contributed by atoms with van der Waals surface area (Å²) in [6.45, 7) is 0. The summed E-state index contributed by atoms with van der Waals surface area (Å²) >= 11 is 0. The molecule has 0 fully saturated rings. The van der Waals surface area contributed by atoms with E-state index in [-0.39, 0.29) is 0 Å². The molecule has 0 aliphatic carbocycles. The first-order valence-corrected chi connectivity index (χ1v) is 23.9. The van der Waals surface area contributed by atoms with Gasteiger partial charge in [0.2, 0.25) is 0 Å². The van der Waals surface area contributed by atoms with Crippen LogP contribution in [0.25, 0.3) is 122 Å². The molecular formula is C62H40N8. The maximum absolute atomic E-state index is 5.51. The molecular weight excluding hydrogens is 857 g/mol. The Balaban J connectivity index is 0.911. The predicted molar refractivity (Wildman–Crippen MR) is 288 cm³/mol. The summed E-state index contributed by atoms with van der Waals surface area (Å²) in [7, 11) is 0. The van der Waals surface area contributed by atoms with Crippen LogP contribution >= 0.6 is 0 Å². The second kappa shape index (κ2) is 15.1. The zero-order chi connectivity index (χ0) is 45.9. The first kappa shape index (κ1) is 38.7. The number of nitrogens with zero attached hydrogens (tertiary/aromatic N) is 8. The zero-order valence-corrected chi connectivity index (χ0v) is 37.8. The number of allylic oxidation sites excluding steroid dienone is 1. The van der Waals surface area contributed by atoms with Crippen molar-refractivity contribution in [2.24, 2.45) is 4.99 Å². The minimum atomic E-state index is 0.787. The van der Waals surface area contributed by atoms with E-state index in [1.165, 1.54) is 32.6 Å². The van der Waals surface area contributed by atoms with Crippen LogP contribution < -0.4 is 0 Å². The Labute approximate surface area is 401 Å². The molecule has 8 heteroatoms. The normalized spacial score (nSPS) is 13.2. The number of benzene rings is 7. The van der Waals surface area contributed by atoms with Crippen LogP contribution in [-0.2, 0) is 0 Å². The van der Waals surface area contributed by atoms with Crippen LogP contribution in [0.4, 0.5) is 0 Å². The van der Waals surface area contributed by atoms with Gasteiger partial charge in [0.05, 0.1) is 66.9 Å². The molecule has 0 atom stereocenters. The average Bonchev–Trinajstić information content (AvgIpc) is 4.16. The second-order valence-electron chi connectivity index (χ2n) is 18.1. The molecule has 70 heavy (non-hydrogen) atoms. The summed E-state index contributed by atoms with van der Waals surface area (Å²) in [6, 6.07) is 75.0. The number of hydrogen-bond donors (Lipinski definition) is 0. The molecule has 7 aromatic heterocycles. The number of aromatic nitrogens is 7. The average molecular weight is 897 g/mol. The van der Waals surface area contributed by atoms with Crippen LogP contribution in [-0.4, -0.2) is 39.1 Å². The van der Waals surface area contributed by atoms with Gasteiger partial charge in [0.25, 0.3) is 0 Å². The zero-order valence-electron chi connectivity index (χ0n) is 37.8. The minimum absolute atomic E-state index is 0.787. The SMILES string of the molecule is C1=C(c2cccc(-n3c4ccccc4c4ccc5c6ccccc6n(-c6cccc(-c7cccc(-n8c9ccccc9c9ccccc98)n7)n6)c5c43)n2)N=C(n2c3ccccc3c3ccccc32)CC1. The van der Waals surface area contributed by atoms with Crippen LogP contribution in [0.1, 0.15) is 18.5 Å². The Kier molecular flexibility index (Phi) is 8.32. The number of rotatable bonds is 5. The summed E-state index contributed by atoms with van der Waals surface area (Å²) in [5.74, 6) is 3.49. The number of pyridine rings is 3. The molecule has 0 N–H and O–H groups in total. The maximum Gasteiger partial charge on any atom is 0.138 e. The molecule has 0 spiro atoms. The molecule has 8 heterocycles. The molecule has 0 saturated carbocycles. The molecule has 0 bridgehead atoms. The van der Waals surface area contributed by atoms with Crippen molar-refractivity contribution in [2.75, 3.05) is 0 Å². The van der Waals surface area contributed by atoms with Gasteiger partial charge in [-0.05, 0) is 79.2 Å². The standard InChI is InChI=1S/C62H40N8/c1-7-27-51-39(17-1)40-18-2-8-28-52(40)67(51)57-33-13-23-47(63-57)49-25-15-35-59(65-49)69-55-31-11-5-21-43(55)45-37-38-46-44-22-6-12-32-56(44)70(62(46)61(45)69)60-36-16-26-50(66-60)48-24-14-34-58(64-48)68-53-29-9-3-19-41(53)42-20-4-10-30-54(42)68/h1-13,15-33,35-38H,14,34H2. The third-order valence-electron chi connectivity index (χ3n) is 14.3. The summed E-state index contributed by atoms with van der Waals surface area (Å²) in [6.07, 6.45) is 3.93. The summed E-state index contributed by atoms with van der Waals surface area (Å²) in [5.41, 5.74) is 12.1. The number of para-hydroxylation sites is 6. The first-order chi connectivity index (χ1) is 34.7. The van der Waals surface area contributed by atoms with Crippen molar-refractivity contribution >= 4 is 98.8 Å². The van der Waals surface area contributed by atoms with Gasteiger partial charge < -0.3 is 0 Å². The Bertz CT molecular complexity index is 4450. The molecule has 0 saturated heterocycles. The quantitative estimate of drug-likeness (QED) is 0.173. The Morgan fingerprint density at radius 1 is 0.286 bits per heavy atom. The molecule has 328 valence electrons. The second-order valence-corrected chi connectivity index (χ2v) is 18.1. The van der Waals surface area contributed by atoms with Gasteiger partial charge in [-0.15, -0.1) is 0 Å². The van der Waals surface area contributed by atoms with Crippen molar-refractivity contribution < 1.29 is 0 Å². The van der Waals surface area contributed by atoms with Crippen molar-refractivity contribution in [3.05, 3.63) is 224 Å². The largest absolute Gasteiger partial charge is 0.297 e. The van der Waals surface area contributed by atoms with E-state index in [2.05, 4.69) is 237 Å². The van der Waals surface area contributed by atoms with E-state index in [4.69, 9.17) is 19.9 Å². The fourth-order valence-corrected chi connectivity index (χ4v) is 11.3. The highest BCUT2D eigenvalue weighted by Crippen LogP contribution is 2.42. The van der Waals surface area contributed by atoms with Gasteiger partial charge in [-0.25, -0.2) is 19.9 Å². The third kappa shape index (κ3) is 5.64. The van der Waals surface area contributed by atoms with Crippen LogP contribution in [0.3, 0.4) is 0 Å². The summed E-state index contributed by atoms with van der Waals surface area (Å²) < 4.78 is 9.27. The topological polar surface area (TPSA) is 70.8 Å². The molecule has 0 unspecified atom stereocenters. The van der Waals surface area contributed by atoms with Crippen LogP contribution in [0.15, 0.2) is 223 Å². The molecule has 8 nitrogen and oxygen atoms in total. The molecule has 7 aromatic carbocycles. The van der Waals surface area contributed by atoms with Gasteiger partial charge >= 0.3 is 0 Å². The smallest absolute Gasteiger partial charge is 0.138 e. The van der Waals surface area contributed by atoms with Crippen LogP contribution in [0.5, 0.6) is 0 Å². The van der Waals surface area contributed by atoms with Gasteiger partial charge in [-0.1, -0.05) is 146 Å². The Hall–Kier alpha value is -9.40. The third-order valence-corrected chi connectivity index (χ3v) is 14.3. The van der Waals surface area contributed by atoms with Gasteiger partial charge in [0.1, 0.15) is 23.3 Å². The number of aliphatic imine (C=N–C) groups is 1. The Morgan fingerprint density at radius 3 is 1.07 bits per heavy atom. The van der Waals surface area contributed by atoms with Crippen molar-refractivity contribution in [3.8, 4) is 28.8 Å². The van der Waals surface area contributed by atoms with Crippen molar-refractivity contribution in [2.45, 2.75) is 12.8 Å². The van der Waals surface area contributed by atoms with Gasteiger partial charge in [0, 0.05) is 49.5 Å².